The number of methoxy groups -OCH3 is 1. The summed E-state index contributed by atoms with van der Waals surface area (Å²) < 4.78 is 6.99. The minimum Gasteiger partial charge on any atom is -0.497 e. The molecule has 0 amide bonds. The summed E-state index contributed by atoms with van der Waals surface area (Å²) in [6.07, 6.45) is 2.05. The molecule has 0 unspecified atom stereocenters. The minimum atomic E-state index is -0.133. The number of halogens is 1. The molecule has 0 aliphatic rings. The van der Waals surface area contributed by atoms with Gasteiger partial charge in [-0.3, -0.25) is 4.57 Å². The van der Waals surface area contributed by atoms with Gasteiger partial charge in [0.25, 0.3) is 0 Å². The topological polar surface area (TPSA) is 47.0 Å². The number of nitrogens with one attached hydrogen (secondary N) is 1. The van der Waals surface area contributed by atoms with Crippen molar-refractivity contribution in [1.29, 1.82) is 0 Å². The maximum absolute atomic E-state index is 12.6. The Hall–Kier alpha value is -2.20. The quantitative estimate of drug-likeness (QED) is 0.678. The van der Waals surface area contributed by atoms with Gasteiger partial charge in [-0.05, 0) is 48.1 Å². The van der Waals surface area contributed by atoms with Crippen molar-refractivity contribution in [3.05, 3.63) is 63.0 Å². The lowest BCUT2D eigenvalue weighted by molar-refractivity contribution is 0.414. The summed E-state index contributed by atoms with van der Waals surface area (Å²) in [5, 5.41) is 0.579. The molecule has 1 heterocycles. The third kappa shape index (κ3) is 3.31. The molecule has 0 fully saturated rings. The number of rotatable bonds is 6. The number of ether oxygens (including phenoxy) is 1. The van der Waals surface area contributed by atoms with Gasteiger partial charge in [0, 0.05) is 0 Å². The molecule has 0 aliphatic carbocycles. The van der Waals surface area contributed by atoms with E-state index >= 15 is 0 Å². The number of benzene rings is 2. The monoisotopic (exact) mass is 358 g/mol. The van der Waals surface area contributed by atoms with Crippen molar-refractivity contribution in [1.82, 2.24) is 9.55 Å². The SMILES string of the molecule is CCC(CC)c1ccc(Cl)c2[nH]c(=O)n(Cc3ccc(OC)cc3)c12. The van der Waals surface area contributed by atoms with E-state index < -0.39 is 0 Å². The van der Waals surface area contributed by atoms with Crippen LogP contribution >= 0.6 is 11.6 Å². The van der Waals surface area contributed by atoms with Crippen LogP contribution in [0.25, 0.3) is 11.0 Å². The van der Waals surface area contributed by atoms with Crippen molar-refractivity contribution in [2.24, 2.45) is 0 Å². The highest BCUT2D eigenvalue weighted by Crippen LogP contribution is 2.32. The predicted molar refractivity (Wildman–Crippen MR) is 103 cm³/mol. The van der Waals surface area contributed by atoms with Crippen molar-refractivity contribution in [3.63, 3.8) is 0 Å². The first kappa shape index (κ1) is 17.6. The molecule has 3 aromatic rings. The highest BCUT2D eigenvalue weighted by molar-refractivity contribution is 6.35. The number of fused-ring (bicyclic) bond motifs is 1. The van der Waals surface area contributed by atoms with Gasteiger partial charge >= 0.3 is 5.69 Å². The minimum absolute atomic E-state index is 0.133. The predicted octanol–water partition coefficient (Wildman–Crippen LogP) is 4.94. The van der Waals surface area contributed by atoms with E-state index in [9.17, 15) is 4.79 Å². The van der Waals surface area contributed by atoms with Gasteiger partial charge in [-0.15, -0.1) is 0 Å². The number of imidazole rings is 1. The summed E-state index contributed by atoms with van der Waals surface area (Å²) in [5.41, 5.74) is 3.73. The molecule has 25 heavy (non-hydrogen) atoms. The molecule has 4 nitrogen and oxygen atoms in total. The van der Waals surface area contributed by atoms with Crippen molar-refractivity contribution >= 4 is 22.6 Å². The van der Waals surface area contributed by atoms with Crippen LogP contribution in [0, 0.1) is 0 Å². The van der Waals surface area contributed by atoms with E-state index in [1.165, 1.54) is 5.56 Å². The zero-order valence-corrected chi connectivity index (χ0v) is 15.6. The Labute approximate surface area is 152 Å². The Morgan fingerprint density at radius 1 is 1.12 bits per heavy atom. The van der Waals surface area contributed by atoms with E-state index in [0.29, 0.717) is 17.5 Å². The molecule has 1 N–H and O–H groups in total. The number of aromatic amines is 1. The van der Waals surface area contributed by atoms with E-state index in [2.05, 4.69) is 24.9 Å². The average molecular weight is 359 g/mol. The largest absolute Gasteiger partial charge is 0.497 e. The summed E-state index contributed by atoms with van der Waals surface area (Å²) in [4.78, 5) is 15.5. The van der Waals surface area contributed by atoms with Crippen LogP contribution < -0.4 is 10.4 Å². The molecular formula is C20H23ClN2O2. The van der Waals surface area contributed by atoms with Crippen LogP contribution in [0.4, 0.5) is 0 Å². The zero-order chi connectivity index (χ0) is 18.0. The van der Waals surface area contributed by atoms with E-state index in [0.717, 1.165) is 35.2 Å². The second kappa shape index (κ2) is 7.36. The Kier molecular flexibility index (Phi) is 5.19. The molecule has 0 saturated heterocycles. The molecule has 0 radical (unpaired) electrons. The molecule has 132 valence electrons. The number of nitrogens with zero attached hydrogens (tertiary/aromatic N) is 1. The number of aromatic nitrogens is 2. The number of H-pyrrole nitrogens is 1. The lowest BCUT2D eigenvalue weighted by Gasteiger charge is -2.16. The zero-order valence-electron chi connectivity index (χ0n) is 14.8. The fourth-order valence-electron chi connectivity index (χ4n) is 3.39. The molecule has 1 aromatic heterocycles. The Morgan fingerprint density at radius 3 is 2.40 bits per heavy atom. The Bertz CT molecular complexity index is 921. The second-order valence-corrected chi connectivity index (χ2v) is 6.65. The van der Waals surface area contributed by atoms with Gasteiger partial charge in [0.1, 0.15) is 5.75 Å². The van der Waals surface area contributed by atoms with Crippen molar-refractivity contribution < 1.29 is 4.74 Å². The lowest BCUT2D eigenvalue weighted by atomic mass is 9.93. The van der Waals surface area contributed by atoms with Crippen LogP contribution in [0.15, 0.2) is 41.2 Å². The first-order chi connectivity index (χ1) is 12.1. The van der Waals surface area contributed by atoms with Gasteiger partial charge in [0.2, 0.25) is 0 Å². The highest BCUT2D eigenvalue weighted by Gasteiger charge is 2.18. The fourth-order valence-corrected chi connectivity index (χ4v) is 3.59. The van der Waals surface area contributed by atoms with Crippen LogP contribution in [0.5, 0.6) is 5.75 Å². The highest BCUT2D eigenvalue weighted by atomic mass is 35.5. The second-order valence-electron chi connectivity index (χ2n) is 6.24. The first-order valence-electron chi connectivity index (χ1n) is 8.62. The lowest BCUT2D eigenvalue weighted by Crippen LogP contribution is -2.18. The molecule has 2 aromatic carbocycles. The molecule has 0 aliphatic heterocycles. The molecule has 0 saturated carbocycles. The van der Waals surface area contributed by atoms with Gasteiger partial charge in [-0.1, -0.05) is 43.6 Å². The smallest absolute Gasteiger partial charge is 0.326 e. The number of hydrogen-bond acceptors (Lipinski definition) is 2. The first-order valence-corrected chi connectivity index (χ1v) is 9.00. The van der Waals surface area contributed by atoms with Gasteiger partial charge < -0.3 is 9.72 Å². The maximum Gasteiger partial charge on any atom is 0.326 e. The van der Waals surface area contributed by atoms with E-state index in [4.69, 9.17) is 16.3 Å². The van der Waals surface area contributed by atoms with Crippen LogP contribution in [0.3, 0.4) is 0 Å². The Morgan fingerprint density at radius 2 is 1.80 bits per heavy atom. The molecule has 0 bridgehead atoms. The van der Waals surface area contributed by atoms with Crippen LogP contribution in [-0.4, -0.2) is 16.7 Å². The van der Waals surface area contributed by atoms with Crippen molar-refractivity contribution in [3.8, 4) is 5.75 Å². The van der Waals surface area contributed by atoms with Gasteiger partial charge in [-0.2, -0.15) is 0 Å². The summed E-state index contributed by atoms with van der Waals surface area (Å²) in [7, 11) is 1.64. The Balaban J connectivity index is 2.14. The third-order valence-electron chi connectivity index (χ3n) is 4.83. The molecule has 0 spiro atoms. The molecular weight excluding hydrogens is 336 g/mol. The van der Waals surface area contributed by atoms with Crippen molar-refractivity contribution in [2.45, 2.75) is 39.2 Å². The van der Waals surface area contributed by atoms with Crippen molar-refractivity contribution in [2.75, 3.05) is 7.11 Å². The van der Waals surface area contributed by atoms with E-state index in [-0.39, 0.29) is 5.69 Å². The third-order valence-corrected chi connectivity index (χ3v) is 5.15. The molecule has 3 rings (SSSR count). The van der Waals surface area contributed by atoms with Gasteiger partial charge in [0.15, 0.2) is 0 Å². The number of hydrogen-bond donors (Lipinski definition) is 1. The fraction of sp³-hybridized carbons (Fsp3) is 0.350. The van der Waals surface area contributed by atoms with Gasteiger partial charge in [-0.25, -0.2) is 4.79 Å². The maximum atomic E-state index is 12.6. The summed E-state index contributed by atoms with van der Waals surface area (Å²) in [6, 6.07) is 11.7. The van der Waals surface area contributed by atoms with E-state index in [1.807, 2.05) is 30.3 Å². The van der Waals surface area contributed by atoms with Crippen LogP contribution in [0.1, 0.15) is 43.7 Å². The van der Waals surface area contributed by atoms with E-state index in [1.54, 1.807) is 11.7 Å². The molecule has 5 heteroatoms. The average Bonchev–Trinajstić information content (AvgIpc) is 2.96. The normalized spacial score (nSPS) is 11.4. The summed E-state index contributed by atoms with van der Waals surface area (Å²) >= 11 is 6.35. The van der Waals surface area contributed by atoms with Gasteiger partial charge in [0.05, 0.1) is 29.7 Å². The standard InChI is InChI=1S/C20H23ClN2O2/c1-4-14(5-2)16-10-11-17(21)18-19(16)23(20(24)22-18)12-13-6-8-15(25-3)9-7-13/h6-11,14H,4-5,12H2,1-3H3,(H,22,24). The summed E-state index contributed by atoms with van der Waals surface area (Å²) in [5.74, 6) is 1.20. The van der Waals surface area contributed by atoms with Crippen LogP contribution in [0.2, 0.25) is 5.02 Å². The summed E-state index contributed by atoms with van der Waals surface area (Å²) in [6.45, 7) is 4.84. The van der Waals surface area contributed by atoms with Crippen LogP contribution in [-0.2, 0) is 6.54 Å². The molecule has 0 atom stereocenters.